The number of anilines is 2. The molecule has 0 aromatic heterocycles. The first kappa shape index (κ1) is 10.4. The Kier molecular flexibility index (Phi) is 2.41. The van der Waals surface area contributed by atoms with Crippen molar-refractivity contribution in [2.75, 3.05) is 11.5 Å². The summed E-state index contributed by atoms with van der Waals surface area (Å²) in [4.78, 5) is 0. The van der Waals surface area contributed by atoms with E-state index in [4.69, 9.17) is 11.5 Å². The summed E-state index contributed by atoms with van der Waals surface area (Å²) in [5.74, 6) is -1.60. The second-order valence-electron chi connectivity index (χ2n) is 2.42. The maximum atomic E-state index is 12.7. The fraction of sp³-hybridized carbons (Fsp3) is 0.143. The van der Waals surface area contributed by atoms with Crippen LogP contribution in [0.1, 0.15) is 0 Å². The van der Waals surface area contributed by atoms with Crippen LogP contribution in [0.25, 0.3) is 0 Å². The summed E-state index contributed by atoms with van der Waals surface area (Å²) in [5.41, 5.74) is 9.02. The van der Waals surface area contributed by atoms with E-state index in [2.05, 4.69) is 4.74 Å². The molecule has 0 heterocycles. The van der Waals surface area contributed by atoms with Crippen LogP contribution in [-0.4, -0.2) is 6.36 Å². The van der Waals surface area contributed by atoms with E-state index in [-0.39, 0.29) is 0 Å². The van der Waals surface area contributed by atoms with Crippen LogP contribution < -0.4 is 16.2 Å². The Morgan fingerprint density at radius 1 is 1.07 bits per heavy atom. The Hall–Kier alpha value is -1.66. The van der Waals surface area contributed by atoms with Gasteiger partial charge in [-0.15, -0.1) is 13.2 Å². The summed E-state index contributed by atoms with van der Waals surface area (Å²) in [6.07, 6.45) is -4.88. The number of benzene rings is 1. The van der Waals surface area contributed by atoms with E-state index in [9.17, 15) is 17.6 Å². The van der Waals surface area contributed by atoms with Gasteiger partial charge < -0.3 is 16.2 Å². The lowest BCUT2D eigenvalue weighted by Crippen LogP contribution is -2.18. The van der Waals surface area contributed by atoms with E-state index < -0.39 is 29.3 Å². The van der Waals surface area contributed by atoms with Gasteiger partial charge in [0.2, 0.25) is 0 Å². The van der Waals surface area contributed by atoms with Crippen molar-refractivity contribution >= 4 is 11.4 Å². The molecule has 0 saturated carbocycles. The molecule has 0 aliphatic rings. The number of alkyl halides is 3. The molecular weight excluding hydrogens is 204 g/mol. The summed E-state index contributed by atoms with van der Waals surface area (Å²) >= 11 is 0. The van der Waals surface area contributed by atoms with Crippen LogP contribution in [0.5, 0.6) is 5.75 Å². The van der Waals surface area contributed by atoms with Crippen molar-refractivity contribution in [2.24, 2.45) is 0 Å². The molecule has 4 N–H and O–H groups in total. The first-order chi connectivity index (χ1) is 6.31. The van der Waals surface area contributed by atoms with Gasteiger partial charge in [0.05, 0.1) is 5.69 Å². The number of nitrogens with two attached hydrogens (primary N) is 2. The standard InChI is InChI=1S/C7H6F4N2O/c8-3-1-2-4(6(13)5(3)12)14-7(9,10)11/h1-2H,12-13H2. The van der Waals surface area contributed by atoms with Gasteiger partial charge in [-0.25, -0.2) is 4.39 Å². The zero-order valence-electron chi connectivity index (χ0n) is 6.73. The highest BCUT2D eigenvalue weighted by atomic mass is 19.4. The minimum atomic E-state index is -4.88. The lowest BCUT2D eigenvalue weighted by atomic mass is 10.2. The lowest BCUT2D eigenvalue weighted by Gasteiger charge is -2.12. The average Bonchev–Trinajstić information content (AvgIpc) is 2.04. The quantitative estimate of drug-likeness (QED) is 0.549. The maximum Gasteiger partial charge on any atom is 0.573 e. The monoisotopic (exact) mass is 210 g/mol. The molecule has 0 radical (unpaired) electrons. The van der Waals surface area contributed by atoms with Crippen LogP contribution in [0.15, 0.2) is 12.1 Å². The predicted octanol–water partition coefficient (Wildman–Crippen LogP) is 1.89. The average molecular weight is 210 g/mol. The molecule has 0 amide bonds. The Bertz CT molecular complexity index is 350. The number of rotatable bonds is 1. The number of hydrogen-bond acceptors (Lipinski definition) is 3. The van der Waals surface area contributed by atoms with Gasteiger partial charge in [0.15, 0.2) is 5.75 Å². The van der Waals surface area contributed by atoms with Crippen LogP contribution >= 0.6 is 0 Å². The van der Waals surface area contributed by atoms with Gasteiger partial charge in [0.25, 0.3) is 0 Å². The topological polar surface area (TPSA) is 61.3 Å². The van der Waals surface area contributed by atoms with Gasteiger partial charge in [0.1, 0.15) is 11.5 Å². The normalized spacial score (nSPS) is 11.4. The Morgan fingerprint density at radius 2 is 1.64 bits per heavy atom. The number of halogens is 4. The summed E-state index contributed by atoms with van der Waals surface area (Å²) in [5, 5.41) is 0. The second kappa shape index (κ2) is 3.24. The van der Waals surface area contributed by atoms with Gasteiger partial charge >= 0.3 is 6.36 Å². The third kappa shape index (κ3) is 2.18. The second-order valence-corrected chi connectivity index (χ2v) is 2.42. The molecule has 0 bridgehead atoms. The minimum absolute atomic E-state index is 0.563. The molecule has 0 fully saturated rings. The van der Waals surface area contributed by atoms with E-state index in [1.165, 1.54) is 0 Å². The van der Waals surface area contributed by atoms with Gasteiger partial charge in [-0.3, -0.25) is 0 Å². The van der Waals surface area contributed by atoms with E-state index in [1.54, 1.807) is 0 Å². The summed E-state index contributed by atoms with van der Waals surface area (Å²) < 4.78 is 51.4. The molecule has 1 rings (SSSR count). The first-order valence-corrected chi connectivity index (χ1v) is 3.40. The lowest BCUT2D eigenvalue weighted by molar-refractivity contribution is -0.274. The summed E-state index contributed by atoms with van der Waals surface area (Å²) in [6, 6.07) is 1.50. The third-order valence-electron chi connectivity index (χ3n) is 1.42. The SMILES string of the molecule is Nc1c(F)ccc(OC(F)(F)F)c1N. The number of hydrogen-bond donors (Lipinski definition) is 2. The van der Waals surface area contributed by atoms with Crippen molar-refractivity contribution < 1.29 is 22.3 Å². The summed E-state index contributed by atoms with van der Waals surface area (Å²) in [6.45, 7) is 0. The summed E-state index contributed by atoms with van der Waals surface area (Å²) in [7, 11) is 0. The van der Waals surface area contributed by atoms with Crippen molar-refractivity contribution in [1.29, 1.82) is 0 Å². The molecule has 0 aliphatic heterocycles. The zero-order valence-corrected chi connectivity index (χ0v) is 6.73. The maximum absolute atomic E-state index is 12.7. The molecule has 7 heteroatoms. The van der Waals surface area contributed by atoms with Gasteiger partial charge in [0, 0.05) is 0 Å². The highest BCUT2D eigenvalue weighted by Gasteiger charge is 2.32. The molecule has 1 aromatic rings. The van der Waals surface area contributed by atoms with Crippen molar-refractivity contribution in [3.63, 3.8) is 0 Å². The molecule has 0 atom stereocenters. The van der Waals surface area contributed by atoms with Crippen molar-refractivity contribution in [1.82, 2.24) is 0 Å². The number of nitrogen functional groups attached to an aromatic ring is 2. The van der Waals surface area contributed by atoms with Gasteiger partial charge in [-0.05, 0) is 12.1 Å². The van der Waals surface area contributed by atoms with E-state index >= 15 is 0 Å². The third-order valence-corrected chi connectivity index (χ3v) is 1.42. The van der Waals surface area contributed by atoms with Crippen LogP contribution in [0.4, 0.5) is 28.9 Å². The Labute approximate surface area is 76.3 Å². The molecule has 1 aromatic carbocycles. The largest absolute Gasteiger partial charge is 0.573 e. The van der Waals surface area contributed by atoms with Crippen molar-refractivity contribution in [3.05, 3.63) is 17.9 Å². The van der Waals surface area contributed by atoms with E-state index in [0.717, 1.165) is 12.1 Å². The van der Waals surface area contributed by atoms with Gasteiger partial charge in [-0.2, -0.15) is 0 Å². The van der Waals surface area contributed by atoms with Gasteiger partial charge in [-0.1, -0.05) is 0 Å². The van der Waals surface area contributed by atoms with E-state index in [0.29, 0.717) is 0 Å². The van der Waals surface area contributed by atoms with Crippen LogP contribution in [0, 0.1) is 5.82 Å². The number of ether oxygens (including phenoxy) is 1. The Balaban J connectivity index is 3.06. The fourth-order valence-electron chi connectivity index (χ4n) is 0.803. The zero-order chi connectivity index (χ0) is 10.9. The van der Waals surface area contributed by atoms with Crippen LogP contribution in [-0.2, 0) is 0 Å². The minimum Gasteiger partial charge on any atom is -0.403 e. The molecular formula is C7H6F4N2O. The first-order valence-electron chi connectivity index (χ1n) is 3.40. The van der Waals surface area contributed by atoms with E-state index in [1.807, 2.05) is 0 Å². The van der Waals surface area contributed by atoms with Crippen molar-refractivity contribution in [2.45, 2.75) is 6.36 Å². The Morgan fingerprint density at radius 3 is 2.14 bits per heavy atom. The van der Waals surface area contributed by atoms with Crippen LogP contribution in [0.3, 0.4) is 0 Å². The highest BCUT2D eigenvalue weighted by molar-refractivity contribution is 5.71. The molecule has 78 valence electrons. The molecule has 3 nitrogen and oxygen atoms in total. The predicted molar refractivity (Wildman–Crippen MR) is 41.9 cm³/mol. The van der Waals surface area contributed by atoms with Crippen molar-refractivity contribution in [3.8, 4) is 5.75 Å². The highest BCUT2D eigenvalue weighted by Crippen LogP contribution is 2.33. The van der Waals surface area contributed by atoms with Crippen LogP contribution in [0.2, 0.25) is 0 Å². The molecule has 14 heavy (non-hydrogen) atoms. The molecule has 0 unspecified atom stereocenters. The molecule has 0 spiro atoms. The molecule has 0 aliphatic carbocycles. The molecule has 0 saturated heterocycles. The fourth-order valence-corrected chi connectivity index (χ4v) is 0.803. The smallest absolute Gasteiger partial charge is 0.403 e.